The Balaban J connectivity index is 1.24. The van der Waals surface area contributed by atoms with Crippen molar-refractivity contribution in [1.29, 1.82) is 0 Å². The molecule has 6 rings (SSSR count). The highest BCUT2D eigenvalue weighted by Gasteiger charge is 2.23. The molecule has 4 aromatic heterocycles. The number of rotatable bonds is 7. The van der Waals surface area contributed by atoms with Gasteiger partial charge in [0.15, 0.2) is 11.0 Å². The zero-order valence-corrected chi connectivity index (χ0v) is 23.4. The minimum atomic E-state index is -4.44. The largest absolute Gasteiger partial charge is 0.370 e. The lowest BCUT2D eigenvalue weighted by Crippen LogP contribution is -2.39. The van der Waals surface area contributed by atoms with Crippen molar-refractivity contribution in [3.63, 3.8) is 0 Å². The molecule has 2 N–H and O–H groups in total. The number of pyridine rings is 3. The first-order valence-electron chi connectivity index (χ1n) is 12.9. The van der Waals surface area contributed by atoms with Crippen LogP contribution in [0.2, 0.25) is 5.15 Å². The maximum Gasteiger partial charge on any atom is 0.264 e. The van der Waals surface area contributed by atoms with Crippen LogP contribution in [0, 0.1) is 11.6 Å². The van der Waals surface area contributed by atoms with Gasteiger partial charge in [0, 0.05) is 43.2 Å². The van der Waals surface area contributed by atoms with Crippen molar-refractivity contribution < 1.29 is 17.2 Å². The summed E-state index contributed by atoms with van der Waals surface area (Å²) in [7, 11) is -4.44. The zero-order chi connectivity index (χ0) is 29.3. The number of fused-ring (bicyclic) bond motifs is 1. The molecule has 1 saturated heterocycles. The molecule has 0 spiro atoms. The summed E-state index contributed by atoms with van der Waals surface area (Å²) in [5.41, 5.74) is 3.06. The third-order valence-corrected chi connectivity index (χ3v) is 8.59. The van der Waals surface area contributed by atoms with Gasteiger partial charge in [0.1, 0.15) is 28.4 Å². The third-order valence-electron chi connectivity index (χ3n) is 6.89. The summed E-state index contributed by atoms with van der Waals surface area (Å²) in [4.78, 5) is 23.4. The Labute approximate surface area is 244 Å². The van der Waals surface area contributed by atoms with Crippen LogP contribution in [0.3, 0.4) is 0 Å². The quantitative estimate of drug-likeness (QED) is 0.237. The van der Waals surface area contributed by atoms with E-state index in [9.17, 15) is 17.2 Å². The van der Waals surface area contributed by atoms with Crippen LogP contribution < -0.4 is 14.9 Å². The van der Waals surface area contributed by atoms with Crippen LogP contribution in [0.5, 0.6) is 0 Å². The van der Waals surface area contributed by atoms with Gasteiger partial charge in [-0.05, 0) is 55.3 Å². The number of halogens is 3. The molecular formula is C28H23ClF2N8O2S. The van der Waals surface area contributed by atoms with Crippen LogP contribution in [-0.2, 0) is 10.0 Å². The van der Waals surface area contributed by atoms with Crippen molar-refractivity contribution in [2.45, 2.75) is 23.8 Å². The molecule has 0 aliphatic carbocycles. The summed E-state index contributed by atoms with van der Waals surface area (Å²) < 4.78 is 55.4. The maximum absolute atomic E-state index is 14.2. The van der Waals surface area contributed by atoms with E-state index >= 15 is 0 Å². The summed E-state index contributed by atoms with van der Waals surface area (Å²) in [5, 5.41) is 3.35. The standard InChI is InChI=1S/C28H23ClF2N8O2S/c29-27-24(38-42(40,41)25-6-3-18(30)13-21(25)31)12-17(14-33-27)22-4-5-23-26(37-22)28(35-16-34-23)36-19-7-10-39(11-8-19)20-2-1-9-32-15-20/h1-6,9,12-16,19,38H,7-8,10-11H2,(H,34,35,36). The molecule has 0 atom stereocenters. The van der Waals surface area contributed by atoms with Gasteiger partial charge >= 0.3 is 0 Å². The highest BCUT2D eigenvalue weighted by molar-refractivity contribution is 7.92. The molecule has 1 fully saturated rings. The van der Waals surface area contributed by atoms with Gasteiger partial charge in [0.2, 0.25) is 0 Å². The highest BCUT2D eigenvalue weighted by atomic mass is 35.5. The second-order valence-corrected chi connectivity index (χ2v) is 11.7. The Morgan fingerprint density at radius 2 is 1.81 bits per heavy atom. The normalized spacial score (nSPS) is 14.2. The summed E-state index contributed by atoms with van der Waals surface area (Å²) in [6.45, 7) is 1.73. The van der Waals surface area contributed by atoms with Crippen molar-refractivity contribution in [3.8, 4) is 11.3 Å². The second kappa shape index (κ2) is 11.4. The van der Waals surface area contributed by atoms with Crippen LogP contribution >= 0.6 is 11.6 Å². The van der Waals surface area contributed by atoms with E-state index in [1.807, 2.05) is 18.3 Å². The van der Waals surface area contributed by atoms with E-state index in [2.05, 4.69) is 34.9 Å². The number of aromatic nitrogens is 5. The van der Waals surface area contributed by atoms with Crippen LogP contribution in [-0.4, -0.2) is 52.5 Å². The fraction of sp³-hybridized carbons (Fsp3) is 0.179. The van der Waals surface area contributed by atoms with Gasteiger partial charge in [-0.25, -0.2) is 37.1 Å². The zero-order valence-electron chi connectivity index (χ0n) is 21.9. The van der Waals surface area contributed by atoms with E-state index in [4.69, 9.17) is 16.6 Å². The number of nitrogens with one attached hydrogen (secondary N) is 2. The van der Waals surface area contributed by atoms with E-state index < -0.39 is 26.6 Å². The molecule has 5 aromatic rings. The lowest BCUT2D eigenvalue weighted by Gasteiger charge is -2.34. The number of hydrogen-bond donors (Lipinski definition) is 2. The van der Waals surface area contributed by atoms with Gasteiger partial charge in [0.25, 0.3) is 10.0 Å². The van der Waals surface area contributed by atoms with E-state index in [1.54, 1.807) is 18.3 Å². The number of sulfonamides is 1. The first-order valence-corrected chi connectivity index (χ1v) is 14.8. The number of hydrogen-bond acceptors (Lipinski definition) is 9. The third kappa shape index (κ3) is 5.78. The Kier molecular flexibility index (Phi) is 7.52. The average molecular weight is 609 g/mol. The first kappa shape index (κ1) is 27.7. The lowest BCUT2D eigenvalue weighted by molar-refractivity contribution is 0.525. The fourth-order valence-corrected chi connectivity index (χ4v) is 6.10. The van der Waals surface area contributed by atoms with Crippen molar-refractivity contribution in [3.05, 3.63) is 90.2 Å². The molecule has 0 amide bonds. The summed E-state index contributed by atoms with van der Waals surface area (Å²) >= 11 is 6.17. The van der Waals surface area contributed by atoms with Gasteiger partial charge in [-0.15, -0.1) is 0 Å². The average Bonchev–Trinajstić information content (AvgIpc) is 2.99. The molecular weight excluding hydrogens is 586 g/mol. The molecule has 1 aliphatic heterocycles. The van der Waals surface area contributed by atoms with Crippen molar-refractivity contribution >= 4 is 49.9 Å². The Bertz CT molecular complexity index is 1870. The Morgan fingerprint density at radius 3 is 2.57 bits per heavy atom. The summed E-state index contributed by atoms with van der Waals surface area (Å²) in [5.74, 6) is -1.55. The molecule has 0 saturated carbocycles. The van der Waals surface area contributed by atoms with E-state index in [0.29, 0.717) is 34.2 Å². The number of nitrogens with zero attached hydrogens (tertiary/aromatic N) is 6. The van der Waals surface area contributed by atoms with Crippen molar-refractivity contribution in [1.82, 2.24) is 24.9 Å². The Hall–Kier alpha value is -4.49. The molecule has 1 aromatic carbocycles. The van der Waals surface area contributed by atoms with Crippen LogP contribution in [0.15, 0.2) is 78.3 Å². The Morgan fingerprint density at radius 1 is 0.976 bits per heavy atom. The molecule has 0 radical (unpaired) electrons. The van der Waals surface area contributed by atoms with Gasteiger partial charge < -0.3 is 10.2 Å². The summed E-state index contributed by atoms with van der Waals surface area (Å²) in [6.07, 6.45) is 8.31. The second-order valence-electron chi connectivity index (χ2n) is 9.65. The number of piperidine rings is 1. The molecule has 0 bridgehead atoms. The van der Waals surface area contributed by atoms with Crippen molar-refractivity contribution in [2.24, 2.45) is 0 Å². The molecule has 214 valence electrons. The van der Waals surface area contributed by atoms with Crippen LogP contribution in [0.25, 0.3) is 22.3 Å². The monoisotopic (exact) mass is 608 g/mol. The molecule has 0 unspecified atom stereocenters. The van der Waals surface area contributed by atoms with Gasteiger partial charge in [-0.1, -0.05) is 11.6 Å². The first-order chi connectivity index (χ1) is 20.3. The smallest absolute Gasteiger partial charge is 0.264 e. The minimum Gasteiger partial charge on any atom is -0.370 e. The van der Waals surface area contributed by atoms with E-state index in [-0.39, 0.29) is 16.9 Å². The van der Waals surface area contributed by atoms with Crippen molar-refractivity contribution in [2.75, 3.05) is 28.0 Å². The SMILES string of the molecule is O=S(=O)(Nc1cc(-c2ccc3ncnc(NC4CCN(c5cccnc5)CC4)c3n2)cnc1Cl)c1ccc(F)cc1F. The predicted molar refractivity (Wildman–Crippen MR) is 156 cm³/mol. The fourth-order valence-electron chi connectivity index (χ4n) is 4.78. The van der Waals surface area contributed by atoms with Gasteiger partial charge in [0.05, 0.1) is 28.8 Å². The minimum absolute atomic E-state index is 0.0946. The lowest BCUT2D eigenvalue weighted by atomic mass is 10.0. The molecule has 10 nitrogen and oxygen atoms in total. The molecule has 42 heavy (non-hydrogen) atoms. The molecule has 14 heteroatoms. The predicted octanol–water partition coefficient (Wildman–Crippen LogP) is 5.30. The van der Waals surface area contributed by atoms with E-state index in [1.165, 1.54) is 18.6 Å². The summed E-state index contributed by atoms with van der Waals surface area (Å²) in [6, 6.07) is 11.3. The molecule has 5 heterocycles. The van der Waals surface area contributed by atoms with Crippen LogP contribution in [0.1, 0.15) is 12.8 Å². The number of anilines is 3. The van der Waals surface area contributed by atoms with Gasteiger partial charge in [-0.3, -0.25) is 9.71 Å². The van der Waals surface area contributed by atoms with E-state index in [0.717, 1.165) is 43.8 Å². The molecule has 1 aliphatic rings. The topological polar surface area (TPSA) is 126 Å². The van der Waals surface area contributed by atoms with Gasteiger partial charge in [-0.2, -0.15) is 0 Å². The number of benzene rings is 1. The van der Waals surface area contributed by atoms with Crippen LogP contribution in [0.4, 0.5) is 26.0 Å². The maximum atomic E-state index is 14.2. The highest BCUT2D eigenvalue weighted by Crippen LogP contribution is 2.30.